The van der Waals surface area contributed by atoms with Gasteiger partial charge in [-0.1, -0.05) is 12.5 Å². The quantitative estimate of drug-likeness (QED) is 0.924. The van der Waals surface area contributed by atoms with Gasteiger partial charge in [0.2, 0.25) is 10.0 Å². The van der Waals surface area contributed by atoms with Gasteiger partial charge < -0.3 is 10.5 Å². The van der Waals surface area contributed by atoms with Crippen LogP contribution in [0.1, 0.15) is 38.7 Å². The zero-order chi connectivity index (χ0) is 15.6. The molecule has 1 aromatic rings. The third kappa shape index (κ3) is 3.07. The van der Waals surface area contributed by atoms with Crippen LogP contribution in [-0.2, 0) is 16.6 Å². The predicted octanol–water partition coefficient (Wildman–Crippen LogP) is 2.11. The van der Waals surface area contributed by atoms with E-state index < -0.39 is 10.0 Å². The van der Waals surface area contributed by atoms with Gasteiger partial charge in [0.25, 0.3) is 0 Å². The van der Waals surface area contributed by atoms with E-state index >= 15 is 0 Å². The number of hydrogen-bond donors (Lipinski definition) is 1. The highest BCUT2D eigenvalue weighted by Gasteiger charge is 2.37. The van der Waals surface area contributed by atoms with E-state index in [1.807, 2.05) is 13.8 Å². The average molecular weight is 312 g/mol. The zero-order valence-electron chi connectivity index (χ0n) is 12.9. The normalized spacial score (nSPS) is 24.0. The van der Waals surface area contributed by atoms with Crippen LogP contribution in [0.2, 0.25) is 0 Å². The first-order chi connectivity index (χ1) is 9.91. The molecule has 118 valence electrons. The Morgan fingerprint density at radius 2 is 1.90 bits per heavy atom. The molecule has 1 fully saturated rings. The van der Waals surface area contributed by atoms with Crippen molar-refractivity contribution < 1.29 is 13.2 Å². The van der Waals surface area contributed by atoms with Crippen molar-refractivity contribution in [2.24, 2.45) is 5.73 Å². The van der Waals surface area contributed by atoms with Crippen LogP contribution in [0.5, 0.6) is 5.75 Å². The molecule has 0 spiro atoms. The van der Waals surface area contributed by atoms with Crippen LogP contribution in [-0.4, -0.2) is 31.9 Å². The van der Waals surface area contributed by atoms with Crippen LogP contribution in [0.15, 0.2) is 23.1 Å². The summed E-state index contributed by atoms with van der Waals surface area (Å²) >= 11 is 0. The molecule has 6 heteroatoms. The smallest absolute Gasteiger partial charge is 0.247 e. The van der Waals surface area contributed by atoms with Gasteiger partial charge in [-0.05, 0) is 44.4 Å². The Morgan fingerprint density at radius 1 is 1.29 bits per heavy atom. The Morgan fingerprint density at radius 3 is 2.43 bits per heavy atom. The van der Waals surface area contributed by atoms with Crippen molar-refractivity contribution in [3.8, 4) is 5.75 Å². The summed E-state index contributed by atoms with van der Waals surface area (Å²) < 4.78 is 32.9. The molecular weight excluding hydrogens is 288 g/mol. The molecule has 0 bridgehead atoms. The van der Waals surface area contributed by atoms with Gasteiger partial charge in [0, 0.05) is 18.6 Å². The average Bonchev–Trinajstić information content (AvgIpc) is 2.46. The molecule has 1 saturated heterocycles. The molecule has 0 aliphatic carbocycles. The number of nitrogens with zero attached hydrogens (tertiary/aromatic N) is 1. The molecule has 5 nitrogen and oxygen atoms in total. The molecule has 21 heavy (non-hydrogen) atoms. The van der Waals surface area contributed by atoms with Gasteiger partial charge in [0.05, 0.1) is 7.11 Å². The van der Waals surface area contributed by atoms with Gasteiger partial charge in [-0.15, -0.1) is 0 Å². The van der Waals surface area contributed by atoms with E-state index in [9.17, 15) is 8.42 Å². The summed E-state index contributed by atoms with van der Waals surface area (Å²) in [4.78, 5) is 0.225. The highest BCUT2D eigenvalue weighted by Crippen LogP contribution is 2.34. The fourth-order valence-electron chi connectivity index (χ4n) is 3.04. The number of piperidine rings is 1. The number of methoxy groups -OCH3 is 1. The molecule has 0 radical (unpaired) electrons. The lowest BCUT2D eigenvalue weighted by Gasteiger charge is -2.37. The maximum atomic E-state index is 13.0. The first-order valence-corrected chi connectivity index (χ1v) is 8.76. The molecule has 2 rings (SSSR count). The molecule has 1 aliphatic rings. The highest BCUT2D eigenvalue weighted by molar-refractivity contribution is 7.89. The summed E-state index contributed by atoms with van der Waals surface area (Å²) in [6.07, 6.45) is 2.86. The molecule has 0 amide bonds. The van der Waals surface area contributed by atoms with E-state index in [1.54, 1.807) is 22.5 Å². The van der Waals surface area contributed by atoms with Crippen LogP contribution in [0.4, 0.5) is 0 Å². The van der Waals surface area contributed by atoms with E-state index in [0.29, 0.717) is 12.3 Å². The van der Waals surface area contributed by atoms with Crippen molar-refractivity contribution in [3.05, 3.63) is 23.8 Å². The maximum Gasteiger partial charge on any atom is 0.247 e. The summed E-state index contributed by atoms with van der Waals surface area (Å²) in [7, 11) is -2.08. The van der Waals surface area contributed by atoms with Gasteiger partial charge in [0.1, 0.15) is 10.6 Å². The summed E-state index contributed by atoms with van der Waals surface area (Å²) in [5.74, 6) is 0.364. The van der Waals surface area contributed by atoms with Crippen molar-refractivity contribution in [1.29, 1.82) is 0 Å². The van der Waals surface area contributed by atoms with Gasteiger partial charge in [-0.25, -0.2) is 8.42 Å². The molecule has 1 aliphatic heterocycles. The zero-order valence-corrected chi connectivity index (χ0v) is 13.7. The van der Waals surface area contributed by atoms with E-state index in [-0.39, 0.29) is 17.0 Å². The predicted molar refractivity (Wildman–Crippen MR) is 82.7 cm³/mol. The molecular formula is C15H24N2O3S. The van der Waals surface area contributed by atoms with E-state index in [2.05, 4.69) is 0 Å². The largest absolute Gasteiger partial charge is 0.495 e. The van der Waals surface area contributed by atoms with Gasteiger partial charge in [-0.2, -0.15) is 4.31 Å². The van der Waals surface area contributed by atoms with E-state index in [0.717, 1.165) is 24.8 Å². The minimum atomic E-state index is -3.56. The maximum absolute atomic E-state index is 13.0. The molecule has 0 saturated carbocycles. The molecule has 1 aromatic carbocycles. The third-order valence-electron chi connectivity index (χ3n) is 4.13. The standard InChI is InChI=1S/C15H24N2O3S/c1-11-5-4-6-12(2)17(11)21(18,19)15-8-7-13(10-16)9-14(15)20-3/h7-9,11-12H,4-6,10,16H2,1-3H3/t11-,12+. The fraction of sp³-hybridized carbons (Fsp3) is 0.600. The Kier molecular flexibility index (Phi) is 4.91. The van der Waals surface area contributed by atoms with Crippen LogP contribution >= 0.6 is 0 Å². The van der Waals surface area contributed by atoms with Crippen LogP contribution < -0.4 is 10.5 Å². The van der Waals surface area contributed by atoms with Crippen molar-refractivity contribution in [1.82, 2.24) is 4.31 Å². The Labute approximate surface area is 127 Å². The van der Waals surface area contributed by atoms with Crippen molar-refractivity contribution in [2.75, 3.05) is 7.11 Å². The SMILES string of the molecule is COc1cc(CN)ccc1S(=O)(=O)N1[C@H](C)CCC[C@@H]1C. The first-order valence-electron chi connectivity index (χ1n) is 7.32. The number of benzene rings is 1. The van der Waals surface area contributed by atoms with Crippen molar-refractivity contribution in [3.63, 3.8) is 0 Å². The second-order valence-electron chi connectivity index (χ2n) is 5.65. The molecule has 1 heterocycles. The lowest BCUT2D eigenvalue weighted by Crippen LogP contribution is -2.47. The number of sulfonamides is 1. The molecule has 2 atom stereocenters. The lowest BCUT2D eigenvalue weighted by molar-refractivity contribution is 0.203. The van der Waals surface area contributed by atoms with Crippen LogP contribution in [0, 0.1) is 0 Å². The van der Waals surface area contributed by atoms with Gasteiger partial charge in [-0.3, -0.25) is 0 Å². The van der Waals surface area contributed by atoms with Gasteiger partial charge >= 0.3 is 0 Å². The lowest BCUT2D eigenvalue weighted by atomic mass is 10.0. The minimum Gasteiger partial charge on any atom is -0.495 e. The Balaban J connectivity index is 2.48. The molecule has 2 N–H and O–H groups in total. The van der Waals surface area contributed by atoms with Crippen LogP contribution in [0.25, 0.3) is 0 Å². The Hall–Kier alpha value is -1.11. The van der Waals surface area contributed by atoms with E-state index in [4.69, 9.17) is 10.5 Å². The summed E-state index contributed by atoms with van der Waals surface area (Å²) in [5, 5.41) is 0. The monoisotopic (exact) mass is 312 g/mol. The van der Waals surface area contributed by atoms with Crippen molar-refractivity contribution >= 4 is 10.0 Å². The third-order valence-corrected chi connectivity index (χ3v) is 6.30. The molecule has 0 aromatic heterocycles. The fourth-order valence-corrected chi connectivity index (χ4v) is 5.06. The molecule has 0 unspecified atom stereocenters. The summed E-state index contributed by atoms with van der Waals surface area (Å²) in [5.41, 5.74) is 6.46. The summed E-state index contributed by atoms with van der Waals surface area (Å²) in [6, 6.07) is 5.07. The number of nitrogens with two attached hydrogens (primary N) is 1. The number of rotatable bonds is 4. The van der Waals surface area contributed by atoms with E-state index in [1.165, 1.54) is 7.11 Å². The van der Waals surface area contributed by atoms with Crippen LogP contribution in [0.3, 0.4) is 0 Å². The second kappa shape index (κ2) is 6.34. The highest BCUT2D eigenvalue weighted by atomic mass is 32.2. The van der Waals surface area contributed by atoms with Gasteiger partial charge in [0.15, 0.2) is 0 Å². The topological polar surface area (TPSA) is 72.6 Å². The first kappa shape index (κ1) is 16.3. The second-order valence-corrected chi connectivity index (χ2v) is 7.46. The minimum absolute atomic E-state index is 0.0117. The van der Waals surface area contributed by atoms with Crippen molar-refractivity contribution in [2.45, 2.75) is 56.6 Å². The Bertz CT molecular complexity index is 591. The summed E-state index contributed by atoms with van der Waals surface area (Å²) in [6.45, 7) is 4.29. The number of hydrogen-bond acceptors (Lipinski definition) is 4. The number of ether oxygens (including phenoxy) is 1.